The molecule has 102 valence electrons. The predicted molar refractivity (Wildman–Crippen MR) is 81.8 cm³/mol. The monoisotopic (exact) mass is 275 g/mol. The Morgan fingerprint density at radius 1 is 1.53 bits per heavy atom. The molecule has 0 aliphatic carbocycles. The first-order chi connectivity index (χ1) is 9.26. The van der Waals surface area contributed by atoms with E-state index >= 15 is 0 Å². The minimum absolute atomic E-state index is 0.555. The molecule has 1 unspecified atom stereocenters. The molecular weight excluding hydrogens is 254 g/mol. The summed E-state index contributed by atoms with van der Waals surface area (Å²) < 4.78 is 0. The molecule has 1 aromatic carbocycles. The van der Waals surface area contributed by atoms with Gasteiger partial charge in [0.05, 0.1) is 11.3 Å². The fourth-order valence-electron chi connectivity index (χ4n) is 2.57. The van der Waals surface area contributed by atoms with Gasteiger partial charge in [0.2, 0.25) is 0 Å². The highest BCUT2D eigenvalue weighted by Gasteiger charge is 2.18. The third-order valence-corrected chi connectivity index (χ3v) is 4.42. The van der Waals surface area contributed by atoms with Gasteiger partial charge in [0.15, 0.2) is 0 Å². The van der Waals surface area contributed by atoms with Crippen LogP contribution in [0, 0.1) is 11.3 Å². The number of benzene rings is 1. The van der Waals surface area contributed by atoms with Gasteiger partial charge >= 0.3 is 0 Å². The van der Waals surface area contributed by atoms with Crippen LogP contribution in [0.25, 0.3) is 0 Å². The van der Waals surface area contributed by atoms with Gasteiger partial charge in [0.1, 0.15) is 6.07 Å². The van der Waals surface area contributed by atoms with Crippen LogP contribution < -0.4 is 10.2 Å². The molecule has 1 aliphatic rings. The van der Waals surface area contributed by atoms with Crippen LogP contribution in [0.15, 0.2) is 23.1 Å². The van der Waals surface area contributed by atoms with E-state index in [9.17, 15) is 5.26 Å². The van der Waals surface area contributed by atoms with Crippen molar-refractivity contribution in [3.8, 4) is 6.07 Å². The Morgan fingerprint density at radius 2 is 2.37 bits per heavy atom. The molecule has 2 rings (SSSR count). The van der Waals surface area contributed by atoms with E-state index in [1.54, 1.807) is 11.8 Å². The Morgan fingerprint density at radius 3 is 3.00 bits per heavy atom. The second-order valence-electron chi connectivity index (χ2n) is 4.87. The van der Waals surface area contributed by atoms with Crippen LogP contribution in [0.2, 0.25) is 0 Å². The van der Waals surface area contributed by atoms with E-state index in [0.717, 1.165) is 35.0 Å². The maximum atomic E-state index is 9.43. The highest BCUT2D eigenvalue weighted by Crippen LogP contribution is 2.30. The van der Waals surface area contributed by atoms with E-state index in [1.807, 2.05) is 18.2 Å². The summed E-state index contributed by atoms with van der Waals surface area (Å²) in [6.45, 7) is 4.20. The summed E-state index contributed by atoms with van der Waals surface area (Å²) in [4.78, 5) is 3.30. The predicted octanol–water partition coefficient (Wildman–Crippen LogP) is 2.86. The molecule has 4 heteroatoms. The molecule has 0 radical (unpaired) electrons. The molecule has 1 N–H and O–H groups in total. The lowest BCUT2D eigenvalue weighted by molar-refractivity contribution is 0.599. The number of hydrogen-bond acceptors (Lipinski definition) is 4. The molecule has 19 heavy (non-hydrogen) atoms. The van der Waals surface area contributed by atoms with Gasteiger partial charge in [-0.25, -0.2) is 0 Å². The molecule has 0 spiro atoms. The average molecular weight is 275 g/mol. The van der Waals surface area contributed by atoms with E-state index in [-0.39, 0.29) is 0 Å². The Labute approximate surface area is 120 Å². The van der Waals surface area contributed by atoms with Gasteiger partial charge in [-0.3, -0.25) is 0 Å². The molecule has 3 nitrogen and oxygen atoms in total. The van der Waals surface area contributed by atoms with Crippen molar-refractivity contribution in [2.75, 3.05) is 30.8 Å². The van der Waals surface area contributed by atoms with Gasteiger partial charge < -0.3 is 10.2 Å². The largest absolute Gasteiger partial charge is 0.372 e. The van der Waals surface area contributed by atoms with Gasteiger partial charge in [-0.1, -0.05) is 13.0 Å². The molecule has 0 bridgehead atoms. The highest BCUT2D eigenvalue weighted by molar-refractivity contribution is 7.99. The fourth-order valence-corrected chi connectivity index (χ4v) is 3.35. The van der Waals surface area contributed by atoms with Crippen molar-refractivity contribution in [2.24, 2.45) is 0 Å². The summed E-state index contributed by atoms with van der Waals surface area (Å²) in [5.41, 5.74) is 1.87. The zero-order valence-electron chi connectivity index (χ0n) is 11.6. The first-order valence-electron chi connectivity index (χ1n) is 6.86. The smallest absolute Gasteiger partial charge is 0.103 e. The van der Waals surface area contributed by atoms with E-state index in [4.69, 9.17) is 0 Å². The third kappa shape index (κ3) is 3.43. The number of anilines is 1. The summed E-state index contributed by atoms with van der Waals surface area (Å²) >= 11 is 1.74. The number of rotatable bonds is 5. The summed E-state index contributed by atoms with van der Waals surface area (Å²) in [7, 11) is 2.08. The van der Waals surface area contributed by atoms with Crippen LogP contribution in [0.3, 0.4) is 0 Å². The molecule has 1 atom stereocenters. The van der Waals surface area contributed by atoms with Crippen LogP contribution in [0.5, 0.6) is 0 Å². The number of likely N-dealkylation sites (N-methyl/N-ethyl adjacent to an activating group) is 1. The number of nitrogens with zero attached hydrogens (tertiary/aromatic N) is 2. The van der Waals surface area contributed by atoms with E-state index in [2.05, 4.69) is 30.3 Å². The Kier molecular flexibility index (Phi) is 5.12. The maximum Gasteiger partial charge on any atom is 0.103 e. The number of nitriles is 1. The SMILES string of the molecule is CCSc1cccc(N(C)CC2CCCN2)c1C#N. The van der Waals surface area contributed by atoms with Gasteiger partial charge in [-0.05, 0) is 37.3 Å². The fraction of sp³-hybridized carbons (Fsp3) is 0.533. The summed E-state index contributed by atoms with van der Waals surface area (Å²) in [6, 6.07) is 9.06. The molecule has 1 heterocycles. The van der Waals surface area contributed by atoms with Crippen molar-refractivity contribution in [1.29, 1.82) is 5.26 Å². The molecule has 0 aromatic heterocycles. The van der Waals surface area contributed by atoms with Crippen LogP contribution >= 0.6 is 11.8 Å². The van der Waals surface area contributed by atoms with Gasteiger partial charge in [-0.15, -0.1) is 11.8 Å². The lowest BCUT2D eigenvalue weighted by Gasteiger charge is -2.25. The average Bonchev–Trinajstić information content (AvgIpc) is 2.91. The first kappa shape index (κ1) is 14.2. The highest BCUT2D eigenvalue weighted by atomic mass is 32.2. The summed E-state index contributed by atoms with van der Waals surface area (Å²) in [5.74, 6) is 0.992. The van der Waals surface area contributed by atoms with Crippen molar-refractivity contribution in [3.05, 3.63) is 23.8 Å². The minimum atomic E-state index is 0.555. The van der Waals surface area contributed by atoms with Gasteiger partial charge in [0, 0.05) is 24.5 Å². The normalized spacial score (nSPS) is 18.3. The molecule has 0 saturated carbocycles. The van der Waals surface area contributed by atoms with Crippen molar-refractivity contribution in [2.45, 2.75) is 30.7 Å². The van der Waals surface area contributed by atoms with Crippen LogP contribution in [-0.4, -0.2) is 31.9 Å². The van der Waals surface area contributed by atoms with Gasteiger partial charge in [0.25, 0.3) is 0 Å². The summed E-state index contributed by atoms with van der Waals surface area (Å²) in [5, 5.41) is 12.9. The van der Waals surface area contributed by atoms with E-state index in [0.29, 0.717) is 6.04 Å². The Balaban J connectivity index is 2.18. The standard InChI is InChI=1S/C15H21N3S/c1-3-19-15-8-4-7-14(13(15)10-16)18(2)11-12-6-5-9-17-12/h4,7-8,12,17H,3,5-6,9,11H2,1-2H3. The Bertz CT molecular complexity index is 461. The van der Waals surface area contributed by atoms with Crippen molar-refractivity contribution in [3.63, 3.8) is 0 Å². The van der Waals surface area contributed by atoms with Crippen molar-refractivity contribution < 1.29 is 0 Å². The summed E-state index contributed by atoms with van der Waals surface area (Å²) in [6.07, 6.45) is 2.49. The first-order valence-corrected chi connectivity index (χ1v) is 7.85. The van der Waals surface area contributed by atoms with Crippen LogP contribution in [0.1, 0.15) is 25.3 Å². The van der Waals surface area contributed by atoms with E-state index in [1.165, 1.54) is 12.8 Å². The number of nitrogens with one attached hydrogen (secondary N) is 1. The van der Waals surface area contributed by atoms with Crippen LogP contribution in [0.4, 0.5) is 5.69 Å². The maximum absolute atomic E-state index is 9.43. The zero-order chi connectivity index (χ0) is 13.7. The third-order valence-electron chi connectivity index (χ3n) is 3.48. The van der Waals surface area contributed by atoms with Crippen molar-refractivity contribution >= 4 is 17.4 Å². The lowest BCUT2D eigenvalue weighted by atomic mass is 10.1. The Hall–Kier alpha value is -1.18. The van der Waals surface area contributed by atoms with Gasteiger partial charge in [-0.2, -0.15) is 5.26 Å². The molecule has 1 aliphatic heterocycles. The zero-order valence-corrected chi connectivity index (χ0v) is 12.5. The molecular formula is C15H21N3S. The van der Waals surface area contributed by atoms with Crippen molar-refractivity contribution in [1.82, 2.24) is 5.32 Å². The van der Waals surface area contributed by atoms with E-state index < -0.39 is 0 Å². The molecule has 1 aromatic rings. The second-order valence-corrected chi connectivity index (χ2v) is 6.17. The topological polar surface area (TPSA) is 39.1 Å². The molecule has 1 saturated heterocycles. The van der Waals surface area contributed by atoms with Crippen LogP contribution in [-0.2, 0) is 0 Å². The number of thioether (sulfide) groups is 1. The second kappa shape index (κ2) is 6.83. The molecule has 1 fully saturated rings. The lowest BCUT2D eigenvalue weighted by Crippen LogP contribution is -2.35. The quantitative estimate of drug-likeness (QED) is 0.839. The number of hydrogen-bond donors (Lipinski definition) is 1. The minimum Gasteiger partial charge on any atom is -0.372 e. The molecule has 0 amide bonds.